The van der Waals surface area contributed by atoms with E-state index >= 15 is 0 Å². The second kappa shape index (κ2) is 3.38. The van der Waals surface area contributed by atoms with Gasteiger partial charge in [-0.3, -0.25) is 4.79 Å². The number of carbonyl (C=O) groups excluding carboxylic acids is 2. The maximum absolute atomic E-state index is 12.0. The van der Waals surface area contributed by atoms with E-state index in [1.807, 2.05) is 0 Å². The van der Waals surface area contributed by atoms with Crippen LogP contribution in [0.5, 0.6) is 0 Å². The van der Waals surface area contributed by atoms with E-state index in [0.29, 0.717) is 12.2 Å². The van der Waals surface area contributed by atoms with Crippen LogP contribution in [-0.4, -0.2) is 52.0 Å². The minimum atomic E-state index is -0.251. The number of carbonyl (C=O) groups is 2. The Kier molecular flexibility index (Phi) is 2.16. The van der Waals surface area contributed by atoms with Gasteiger partial charge in [0.1, 0.15) is 6.20 Å². The lowest BCUT2D eigenvalue weighted by Gasteiger charge is -2.50. The van der Waals surface area contributed by atoms with E-state index < -0.39 is 0 Å². The first-order chi connectivity index (χ1) is 8.08. The second-order valence-corrected chi connectivity index (χ2v) is 4.87. The van der Waals surface area contributed by atoms with Crippen molar-refractivity contribution >= 4 is 11.9 Å². The second-order valence-electron chi connectivity index (χ2n) is 4.87. The van der Waals surface area contributed by atoms with Crippen LogP contribution >= 0.6 is 0 Å². The monoisotopic (exact) mass is 239 g/mol. The van der Waals surface area contributed by atoms with E-state index in [1.54, 1.807) is 13.1 Å². The summed E-state index contributed by atoms with van der Waals surface area (Å²) in [5.41, 5.74) is 0.590. The first kappa shape index (κ1) is 10.9. The zero-order chi connectivity index (χ0) is 12.2. The molecule has 17 heavy (non-hydrogen) atoms. The number of quaternary nitrogens is 1. The fraction of sp³-hybridized carbons (Fsp3) is 0.636. The third-order valence-electron chi connectivity index (χ3n) is 3.77. The summed E-state index contributed by atoms with van der Waals surface area (Å²) in [5, 5.41) is 9.04. The molecule has 3 unspecified atom stereocenters. The van der Waals surface area contributed by atoms with Crippen molar-refractivity contribution in [3.05, 3.63) is 11.8 Å². The van der Waals surface area contributed by atoms with Crippen molar-refractivity contribution in [3.63, 3.8) is 0 Å². The zero-order valence-corrected chi connectivity index (χ0v) is 9.63. The van der Waals surface area contributed by atoms with Gasteiger partial charge in [-0.1, -0.05) is 0 Å². The Hall–Kier alpha value is -1.24. The fourth-order valence-electron chi connectivity index (χ4n) is 2.82. The van der Waals surface area contributed by atoms with Gasteiger partial charge in [0.15, 0.2) is 6.67 Å². The minimum absolute atomic E-state index is 0.0178. The number of ether oxygens (including phenoxy) is 1. The number of rotatable bonds is 2. The Labute approximate surface area is 98.6 Å². The van der Waals surface area contributed by atoms with Gasteiger partial charge in [-0.15, -0.1) is 0 Å². The standard InChI is InChI=1S/C11H15N2O4/c1-7-4-13(6-12(10(7)15)11(13)16)9-3-2-8(5-14)17-9/h4,8-9,14H,2-3,5-6H2,1H3/q+1. The molecule has 0 radical (unpaired) electrons. The molecule has 6 nitrogen and oxygen atoms in total. The Morgan fingerprint density at radius 2 is 2.29 bits per heavy atom. The first-order valence-corrected chi connectivity index (χ1v) is 5.78. The summed E-state index contributed by atoms with van der Waals surface area (Å²) in [6, 6.07) is -0.204. The highest BCUT2D eigenvalue weighted by Crippen LogP contribution is 2.40. The number of fused-ring (bicyclic) bond motifs is 1. The highest BCUT2D eigenvalue weighted by atomic mass is 16.5. The molecule has 2 bridgehead atoms. The Bertz CT molecular complexity index is 433. The van der Waals surface area contributed by atoms with Gasteiger partial charge in [0.05, 0.1) is 18.3 Å². The summed E-state index contributed by atoms with van der Waals surface area (Å²) in [6.07, 6.45) is 2.77. The number of imide groups is 1. The predicted molar refractivity (Wildman–Crippen MR) is 56.1 cm³/mol. The molecule has 0 saturated carbocycles. The summed E-state index contributed by atoms with van der Waals surface area (Å²) in [7, 11) is 0. The number of aliphatic hydroxyl groups excluding tert-OH is 1. The smallest absolute Gasteiger partial charge is 0.394 e. The molecule has 2 fully saturated rings. The van der Waals surface area contributed by atoms with Crippen molar-refractivity contribution in [1.82, 2.24) is 4.90 Å². The maximum Gasteiger partial charge on any atom is 0.438 e. The van der Waals surface area contributed by atoms with Gasteiger partial charge < -0.3 is 9.84 Å². The molecule has 4 rings (SSSR count). The summed E-state index contributed by atoms with van der Waals surface area (Å²) < 4.78 is 5.76. The van der Waals surface area contributed by atoms with Gasteiger partial charge in [-0.2, -0.15) is 9.38 Å². The van der Waals surface area contributed by atoms with Crippen molar-refractivity contribution in [2.75, 3.05) is 13.3 Å². The van der Waals surface area contributed by atoms with E-state index in [9.17, 15) is 9.59 Å². The van der Waals surface area contributed by atoms with Crippen LogP contribution < -0.4 is 0 Å². The Morgan fingerprint density at radius 1 is 1.53 bits per heavy atom. The van der Waals surface area contributed by atoms with Crippen molar-refractivity contribution in [2.24, 2.45) is 0 Å². The molecule has 3 amide bonds. The van der Waals surface area contributed by atoms with Gasteiger partial charge in [0.2, 0.25) is 6.23 Å². The average Bonchev–Trinajstić information content (AvgIpc) is 2.80. The van der Waals surface area contributed by atoms with Gasteiger partial charge >= 0.3 is 6.03 Å². The molecule has 6 heteroatoms. The molecule has 1 N–H and O–H groups in total. The minimum Gasteiger partial charge on any atom is -0.394 e. The Balaban J connectivity index is 1.89. The molecule has 0 spiro atoms. The molecular formula is C11H15N2O4+. The average molecular weight is 239 g/mol. The van der Waals surface area contributed by atoms with Crippen molar-refractivity contribution in [3.8, 4) is 0 Å². The van der Waals surface area contributed by atoms with Crippen LogP contribution in [0.15, 0.2) is 11.8 Å². The molecule has 92 valence electrons. The highest BCUT2D eigenvalue weighted by molar-refractivity contribution is 6.05. The summed E-state index contributed by atoms with van der Waals surface area (Å²) >= 11 is 0. The lowest BCUT2D eigenvalue weighted by Crippen LogP contribution is -2.77. The lowest BCUT2D eigenvalue weighted by molar-refractivity contribution is -0.896. The van der Waals surface area contributed by atoms with E-state index in [4.69, 9.17) is 9.84 Å². The summed E-state index contributed by atoms with van der Waals surface area (Å²) in [6.45, 7) is 2.07. The SMILES string of the molecule is CC1=C[N+]2(C3CCC(CO)O3)CN(C1=O)C2=O. The van der Waals surface area contributed by atoms with Crippen LogP contribution in [0.25, 0.3) is 0 Å². The molecule has 0 aromatic rings. The molecule has 0 aromatic heterocycles. The van der Waals surface area contributed by atoms with Crippen molar-refractivity contribution in [1.29, 1.82) is 0 Å². The van der Waals surface area contributed by atoms with Crippen LogP contribution in [0.1, 0.15) is 19.8 Å². The number of aliphatic hydroxyl groups is 1. The Morgan fingerprint density at radius 3 is 2.88 bits per heavy atom. The molecular weight excluding hydrogens is 224 g/mol. The van der Waals surface area contributed by atoms with Crippen molar-refractivity contribution in [2.45, 2.75) is 32.1 Å². The zero-order valence-electron chi connectivity index (χ0n) is 9.63. The molecule has 4 aliphatic heterocycles. The topological polar surface area (TPSA) is 66.8 Å². The van der Waals surface area contributed by atoms with E-state index in [-0.39, 0.29) is 35.4 Å². The van der Waals surface area contributed by atoms with Gasteiger partial charge in [0, 0.05) is 6.42 Å². The quantitative estimate of drug-likeness (QED) is 0.696. The fourth-order valence-corrected chi connectivity index (χ4v) is 2.82. The van der Waals surface area contributed by atoms with Crippen LogP contribution in [0.4, 0.5) is 4.79 Å². The maximum atomic E-state index is 12.0. The van der Waals surface area contributed by atoms with E-state index in [2.05, 4.69) is 0 Å². The molecule has 4 aliphatic rings. The van der Waals surface area contributed by atoms with E-state index in [0.717, 1.165) is 12.8 Å². The normalized spacial score (nSPS) is 40.4. The summed E-state index contributed by atoms with van der Waals surface area (Å²) in [5.74, 6) is -0.202. The number of hydrogen-bond donors (Lipinski definition) is 1. The summed E-state index contributed by atoms with van der Waals surface area (Å²) in [4.78, 5) is 24.8. The largest absolute Gasteiger partial charge is 0.438 e. The number of hydrogen-bond acceptors (Lipinski definition) is 4. The molecule has 0 aliphatic carbocycles. The first-order valence-electron chi connectivity index (χ1n) is 5.78. The van der Waals surface area contributed by atoms with Gasteiger partial charge in [0.25, 0.3) is 5.91 Å². The van der Waals surface area contributed by atoms with Gasteiger partial charge in [-0.25, -0.2) is 4.79 Å². The third-order valence-corrected chi connectivity index (χ3v) is 3.77. The van der Waals surface area contributed by atoms with E-state index in [1.165, 1.54) is 4.90 Å². The number of amides is 3. The molecule has 3 atom stereocenters. The van der Waals surface area contributed by atoms with Crippen molar-refractivity contribution < 1.29 is 23.9 Å². The number of nitrogens with zero attached hydrogens (tertiary/aromatic N) is 2. The van der Waals surface area contributed by atoms with Crippen LogP contribution in [-0.2, 0) is 9.53 Å². The van der Waals surface area contributed by atoms with Crippen LogP contribution in [0, 0.1) is 0 Å². The third kappa shape index (κ3) is 1.25. The molecule has 4 heterocycles. The van der Waals surface area contributed by atoms with Crippen LogP contribution in [0.2, 0.25) is 0 Å². The highest BCUT2D eigenvalue weighted by Gasteiger charge is 2.64. The van der Waals surface area contributed by atoms with Gasteiger partial charge in [-0.05, 0) is 13.3 Å². The predicted octanol–water partition coefficient (Wildman–Crippen LogP) is 0.138. The molecule has 2 saturated heterocycles. The van der Waals surface area contributed by atoms with Crippen LogP contribution in [0.3, 0.4) is 0 Å². The number of urea groups is 1. The molecule has 0 aromatic carbocycles. The lowest BCUT2D eigenvalue weighted by atomic mass is 10.1.